The molecular formula is C10H15N. The van der Waals surface area contributed by atoms with Crippen molar-refractivity contribution in [3.05, 3.63) is 23.4 Å². The molecule has 0 fully saturated rings. The van der Waals surface area contributed by atoms with Crippen LogP contribution in [0, 0.1) is 5.92 Å². The Hall–Kier alpha value is -0.720. The highest BCUT2D eigenvalue weighted by Gasteiger charge is 2.23. The summed E-state index contributed by atoms with van der Waals surface area (Å²) in [5.74, 6) is 0.752. The van der Waals surface area contributed by atoms with E-state index in [0.717, 1.165) is 5.92 Å². The minimum Gasteiger partial charge on any atom is -0.377 e. The maximum atomic E-state index is 2.41. The van der Waals surface area contributed by atoms with Crippen LogP contribution in [0.15, 0.2) is 23.4 Å². The number of hydrogen-bond acceptors (Lipinski definition) is 1. The van der Waals surface area contributed by atoms with Crippen molar-refractivity contribution in [2.75, 3.05) is 13.6 Å². The average Bonchev–Trinajstić information content (AvgIpc) is 2.34. The van der Waals surface area contributed by atoms with Gasteiger partial charge >= 0.3 is 0 Å². The van der Waals surface area contributed by atoms with Crippen LogP contribution < -0.4 is 0 Å². The molecule has 1 aliphatic heterocycles. The average molecular weight is 149 g/mol. The summed E-state index contributed by atoms with van der Waals surface area (Å²) in [6.45, 7) is 3.54. The van der Waals surface area contributed by atoms with Crippen molar-refractivity contribution in [2.45, 2.75) is 19.8 Å². The Bertz CT molecular complexity index is 225. The molecule has 0 aromatic rings. The number of allylic oxidation sites excluding steroid dienone is 3. The van der Waals surface area contributed by atoms with Crippen molar-refractivity contribution < 1.29 is 0 Å². The van der Waals surface area contributed by atoms with Crippen molar-refractivity contribution in [1.29, 1.82) is 0 Å². The van der Waals surface area contributed by atoms with E-state index in [-0.39, 0.29) is 0 Å². The van der Waals surface area contributed by atoms with Gasteiger partial charge in [-0.1, -0.05) is 19.1 Å². The molecule has 0 aromatic carbocycles. The topological polar surface area (TPSA) is 3.24 Å². The Labute approximate surface area is 68.4 Å². The zero-order chi connectivity index (χ0) is 7.84. The lowest BCUT2D eigenvalue weighted by molar-refractivity contribution is 0.401. The summed E-state index contributed by atoms with van der Waals surface area (Å²) in [5.41, 5.74) is 3.17. The van der Waals surface area contributed by atoms with Crippen LogP contribution in [-0.4, -0.2) is 18.5 Å². The molecule has 1 atom stereocenters. The van der Waals surface area contributed by atoms with Crippen molar-refractivity contribution in [3.8, 4) is 0 Å². The minimum atomic E-state index is 0.752. The molecule has 0 aromatic heterocycles. The predicted octanol–water partition coefficient (Wildman–Crippen LogP) is 2.17. The van der Waals surface area contributed by atoms with Crippen LogP contribution in [0.1, 0.15) is 19.8 Å². The van der Waals surface area contributed by atoms with Gasteiger partial charge in [0.1, 0.15) is 0 Å². The molecule has 1 heteroatoms. The molecule has 60 valence electrons. The molecule has 1 nitrogen and oxygen atoms in total. The molecule has 1 aliphatic carbocycles. The molecule has 0 saturated heterocycles. The first-order chi connectivity index (χ1) is 5.29. The van der Waals surface area contributed by atoms with E-state index in [1.54, 1.807) is 11.3 Å². The third-order valence-electron chi connectivity index (χ3n) is 2.73. The van der Waals surface area contributed by atoms with E-state index in [1.165, 1.54) is 19.4 Å². The lowest BCUT2D eigenvalue weighted by atomic mass is 9.94. The van der Waals surface area contributed by atoms with Crippen LogP contribution in [0.5, 0.6) is 0 Å². The summed E-state index contributed by atoms with van der Waals surface area (Å²) < 4.78 is 0. The largest absolute Gasteiger partial charge is 0.377 e. The summed E-state index contributed by atoms with van der Waals surface area (Å²) in [6.07, 6.45) is 7.09. The molecule has 0 N–H and O–H groups in total. The van der Waals surface area contributed by atoms with Gasteiger partial charge in [0.2, 0.25) is 0 Å². The maximum Gasteiger partial charge on any atom is 0.0213 e. The van der Waals surface area contributed by atoms with Crippen molar-refractivity contribution in [2.24, 2.45) is 5.92 Å². The first kappa shape index (κ1) is 6.96. The smallest absolute Gasteiger partial charge is 0.0213 e. The quantitative estimate of drug-likeness (QED) is 0.510. The van der Waals surface area contributed by atoms with Crippen LogP contribution in [0.2, 0.25) is 0 Å². The highest BCUT2D eigenvalue weighted by atomic mass is 15.1. The molecule has 1 heterocycles. The zero-order valence-electron chi connectivity index (χ0n) is 7.30. The number of nitrogens with zero attached hydrogens (tertiary/aromatic N) is 1. The fourth-order valence-electron chi connectivity index (χ4n) is 2.17. The second kappa shape index (κ2) is 2.40. The zero-order valence-corrected chi connectivity index (χ0v) is 7.30. The summed E-state index contributed by atoms with van der Waals surface area (Å²) in [5, 5.41) is 0. The molecule has 0 spiro atoms. The Kier molecular flexibility index (Phi) is 1.52. The number of rotatable bonds is 0. The lowest BCUT2D eigenvalue weighted by Crippen LogP contribution is -2.18. The summed E-state index contributed by atoms with van der Waals surface area (Å²) in [7, 11) is 2.21. The van der Waals surface area contributed by atoms with Gasteiger partial charge in [0, 0.05) is 19.3 Å². The van der Waals surface area contributed by atoms with Crippen LogP contribution in [0.4, 0.5) is 0 Å². The van der Waals surface area contributed by atoms with E-state index in [0.29, 0.717) is 0 Å². The van der Waals surface area contributed by atoms with Gasteiger partial charge in [0.05, 0.1) is 0 Å². The molecule has 11 heavy (non-hydrogen) atoms. The normalized spacial score (nSPS) is 29.6. The second-order valence-electron chi connectivity index (χ2n) is 3.62. The van der Waals surface area contributed by atoms with E-state index >= 15 is 0 Å². The standard InChI is InChI=1S/C10H15N/c1-8-4-3-5-9-6-7-11(2)10(8)9/h3,5,8H,4,6-7H2,1-2H3. The third-order valence-corrected chi connectivity index (χ3v) is 2.73. The van der Waals surface area contributed by atoms with Gasteiger partial charge in [-0.2, -0.15) is 0 Å². The van der Waals surface area contributed by atoms with Crippen LogP contribution in [0.25, 0.3) is 0 Å². The van der Waals surface area contributed by atoms with Gasteiger partial charge in [-0.05, 0) is 24.3 Å². The van der Waals surface area contributed by atoms with E-state index in [1.807, 2.05) is 0 Å². The SMILES string of the molecule is CC1CC=CC2=C1N(C)CC2. The minimum absolute atomic E-state index is 0.752. The van der Waals surface area contributed by atoms with Gasteiger partial charge in [0.15, 0.2) is 0 Å². The predicted molar refractivity (Wildman–Crippen MR) is 47.2 cm³/mol. The molecular weight excluding hydrogens is 134 g/mol. The summed E-state index contributed by atoms with van der Waals surface area (Å²) in [6, 6.07) is 0. The van der Waals surface area contributed by atoms with Crippen molar-refractivity contribution >= 4 is 0 Å². The Balaban J connectivity index is 2.34. The van der Waals surface area contributed by atoms with E-state index in [4.69, 9.17) is 0 Å². The highest BCUT2D eigenvalue weighted by molar-refractivity contribution is 5.33. The van der Waals surface area contributed by atoms with E-state index in [2.05, 4.69) is 31.0 Å². The van der Waals surface area contributed by atoms with Gasteiger partial charge in [0.25, 0.3) is 0 Å². The fraction of sp³-hybridized carbons (Fsp3) is 0.600. The molecule has 0 amide bonds. The van der Waals surface area contributed by atoms with E-state index < -0.39 is 0 Å². The van der Waals surface area contributed by atoms with Gasteiger partial charge in [-0.3, -0.25) is 0 Å². The Morgan fingerprint density at radius 3 is 3.09 bits per heavy atom. The molecule has 2 aliphatic rings. The Morgan fingerprint density at radius 1 is 1.55 bits per heavy atom. The molecule has 0 bridgehead atoms. The van der Waals surface area contributed by atoms with Crippen LogP contribution >= 0.6 is 0 Å². The number of hydrogen-bond donors (Lipinski definition) is 0. The third kappa shape index (κ3) is 0.991. The van der Waals surface area contributed by atoms with Gasteiger partial charge < -0.3 is 4.90 Å². The lowest BCUT2D eigenvalue weighted by Gasteiger charge is -2.23. The molecule has 2 rings (SSSR count). The van der Waals surface area contributed by atoms with Gasteiger partial charge in [-0.15, -0.1) is 0 Å². The van der Waals surface area contributed by atoms with Crippen LogP contribution in [-0.2, 0) is 0 Å². The Morgan fingerprint density at radius 2 is 2.36 bits per heavy atom. The first-order valence-electron chi connectivity index (χ1n) is 4.40. The first-order valence-corrected chi connectivity index (χ1v) is 4.40. The maximum absolute atomic E-state index is 2.41. The summed E-state index contributed by atoms with van der Waals surface area (Å²) >= 11 is 0. The summed E-state index contributed by atoms with van der Waals surface area (Å²) in [4.78, 5) is 2.41. The van der Waals surface area contributed by atoms with Crippen LogP contribution in [0.3, 0.4) is 0 Å². The second-order valence-corrected chi connectivity index (χ2v) is 3.62. The monoisotopic (exact) mass is 149 g/mol. The highest BCUT2D eigenvalue weighted by Crippen LogP contribution is 2.33. The fourth-order valence-corrected chi connectivity index (χ4v) is 2.17. The van der Waals surface area contributed by atoms with Gasteiger partial charge in [-0.25, -0.2) is 0 Å². The molecule has 1 unspecified atom stereocenters. The molecule has 0 saturated carbocycles. The van der Waals surface area contributed by atoms with Crippen molar-refractivity contribution in [3.63, 3.8) is 0 Å². The molecule has 0 radical (unpaired) electrons. The van der Waals surface area contributed by atoms with Crippen molar-refractivity contribution in [1.82, 2.24) is 4.90 Å². The van der Waals surface area contributed by atoms with E-state index in [9.17, 15) is 0 Å².